The number of fused-ring (bicyclic) bond motifs is 1. The number of ether oxygens (including phenoxy) is 1. The summed E-state index contributed by atoms with van der Waals surface area (Å²) in [6, 6.07) is 9.40. The van der Waals surface area contributed by atoms with Crippen LogP contribution in [0.25, 0.3) is 16.2 Å². The number of carbonyl (C=O) groups is 1. The highest BCUT2D eigenvalue weighted by atomic mass is 32.1. The zero-order valence-electron chi connectivity index (χ0n) is 12.9. The van der Waals surface area contributed by atoms with Crippen molar-refractivity contribution in [3.05, 3.63) is 53.8 Å². The van der Waals surface area contributed by atoms with E-state index in [4.69, 9.17) is 10.00 Å². The molecule has 2 aromatic heterocycles. The van der Waals surface area contributed by atoms with Crippen molar-refractivity contribution in [1.82, 2.24) is 9.38 Å². The van der Waals surface area contributed by atoms with Gasteiger partial charge in [0.25, 0.3) is 0 Å². The fraction of sp³-hybridized carbons (Fsp3) is 0.118. The number of benzene rings is 1. The minimum absolute atomic E-state index is 0.0738. The summed E-state index contributed by atoms with van der Waals surface area (Å²) in [6.45, 7) is 1.92. The highest BCUT2D eigenvalue weighted by Gasteiger charge is 2.09. The maximum absolute atomic E-state index is 11.5. The van der Waals surface area contributed by atoms with Crippen LogP contribution in [0.4, 0.5) is 5.69 Å². The molecule has 24 heavy (non-hydrogen) atoms. The van der Waals surface area contributed by atoms with Crippen LogP contribution in [-0.2, 0) is 9.53 Å². The van der Waals surface area contributed by atoms with Gasteiger partial charge in [-0.3, -0.25) is 4.40 Å². The number of hydrogen-bond acceptors (Lipinski definition) is 6. The molecule has 0 saturated carbocycles. The number of esters is 1. The molecule has 0 bridgehead atoms. The van der Waals surface area contributed by atoms with E-state index in [1.807, 2.05) is 52.5 Å². The second-order valence-electron chi connectivity index (χ2n) is 4.83. The SMILES string of the molecule is CCOC(=O)/C(C#N)=C/Nc1ccc(-c2cn3ccsc3n2)cc1. The van der Waals surface area contributed by atoms with Gasteiger partial charge < -0.3 is 10.1 Å². The zero-order chi connectivity index (χ0) is 16.9. The summed E-state index contributed by atoms with van der Waals surface area (Å²) in [4.78, 5) is 17.0. The van der Waals surface area contributed by atoms with Gasteiger partial charge in [-0.15, -0.1) is 11.3 Å². The van der Waals surface area contributed by atoms with Crippen molar-refractivity contribution < 1.29 is 9.53 Å². The van der Waals surface area contributed by atoms with E-state index in [9.17, 15) is 4.79 Å². The van der Waals surface area contributed by atoms with Crippen molar-refractivity contribution in [3.63, 3.8) is 0 Å². The van der Waals surface area contributed by atoms with Crippen LogP contribution >= 0.6 is 11.3 Å². The van der Waals surface area contributed by atoms with Crippen LogP contribution in [0, 0.1) is 11.3 Å². The maximum atomic E-state index is 11.5. The molecule has 0 aliphatic carbocycles. The number of anilines is 1. The molecule has 0 aliphatic heterocycles. The lowest BCUT2D eigenvalue weighted by Gasteiger charge is -2.04. The Hall–Kier alpha value is -3.11. The number of carbonyl (C=O) groups excluding carboxylic acids is 1. The summed E-state index contributed by atoms with van der Waals surface area (Å²) in [5, 5.41) is 13.9. The number of nitrogens with zero attached hydrogens (tertiary/aromatic N) is 3. The monoisotopic (exact) mass is 338 g/mol. The van der Waals surface area contributed by atoms with Crippen molar-refractivity contribution in [2.75, 3.05) is 11.9 Å². The van der Waals surface area contributed by atoms with Gasteiger partial charge in [-0.05, 0) is 19.1 Å². The second kappa shape index (κ2) is 6.98. The Morgan fingerprint density at radius 3 is 2.92 bits per heavy atom. The smallest absolute Gasteiger partial charge is 0.350 e. The second-order valence-corrected chi connectivity index (χ2v) is 5.70. The van der Waals surface area contributed by atoms with Gasteiger partial charge in [0.15, 0.2) is 10.5 Å². The first-order valence-corrected chi connectivity index (χ1v) is 8.16. The summed E-state index contributed by atoms with van der Waals surface area (Å²) < 4.78 is 6.78. The number of imidazole rings is 1. The van der Waals surface area contributed by atoms with Crippen LogP contribution in [-0.4, -0.2) is 22.0 Å². The summed E-state index contributed by atoms with van der Waals surface area (Å²) >= 11 is 1.58. The first-order chi connectivity index (χ1) is 11.7. The van der Waals surface area contributed by atoms with Crippen LogP contribution in [0.3, 0.4) is 0 Å². The van der Waals surface area contributed by atoms with Crippen molar-refractivity contribution in [2.45, 2.75) is 6.92 Å². The number of rotatable bonds is 5. The third kappa shape index (κ3) is 3.29. The Morgan fingerprint density at radius 2 is 2.25 bits per heavy atom. The Morgan fingerprint density at radius 1 is 1.46 bits per heavy atom. The van der Waals surface area contributed by atoms with Gasteiger partial charge in [-0.25, -0.2) is 9.78 Å². The minimum Gasteiger partial charge on any atom is -0.462 e. The molecule has 0 unspecified atom stereocenters. The van der Waals surface area contributed by atoms with E-state index < -0.39 is 5.97 Å². The van der Waals surface area contributed by atoms with Gasteiger partial charge in [0.05, 0.1) is 12.3 Å². The summed E-state index contributed by atoms with van der Waals surface area (Å²) in [5.74, 6) is -0.637. The third-order valence-electron chi connectivity index (χ3n) is 3.27. The van der Waals surface area contributed by atoms with Gasteiger partial charge in [0.1, 0.15) is 6.07 Å². The molecule has 3 rings (SSSR count). The van der Waals surface area contributed by atoms with E-state index in [1.165, 1.54) is 6.20 Å². The predicted molar refractivity (Wildman–Crippen MR) is 92.5 cm³/mol. The Bertz CT molecular complexity index is 903. The van der Waals surface area contributed by atoms with Gasteiger partial charge >= 0.3 is 5.97 Å². The summed E-state index contributed by atoms with van der Waals surface area (Å²) in [5.41, 5.74) is 2.58. The predicted octanol–water partition coefficient (Wildman–Crippen LogP) is 3.45. The molecule has 120 valence electrons. The molecule has 3 aromatic rings. The molecule has 0 atom stereocenters. The molecule has 0 spiro atoms. The molecule has 0 amide bonds. The molecule has 0 aliphatic rings. The number of aromatic nitrogens is 2. The van der Waals surface area contributed by atoms with E-state index in [0.717, 1.165) is 21.9 Å². The van der Waals surface area contributed by atoms with Gasteiger partial charge in [-0.1, -0.05) is 12.1 Å². The van der Waals surface area contributed by atoms with Crippen LogP contribution in [0.5, 0.6) is 0 Å². The van der Waals surface area contributed by atoms with Crippen molar-refractivity contribution in [1.29, 1.82) is 5.26 Å². The third-order valence-corrected chi connectivity index (χ3v) is 4.04. The topological polar surface area (TPSA) is 79.4 Å². The largest absolute Gasteiger partial charge is 0.462 e. The van der Waals surface area contributed by atoms with Crippen molar-refractivity contribution in [3.8, 4) is 17.3 Å². The van der Waals surface area contributed by atoms with Crippen molar-refractivity contribution >= 4 is 28.0 Å². The highest BCUT2D eigenvalue weighted by Crippen LogP contribution is 2.23. The molecule has 2 heterocycles. The average molecular weight is 338 g/mol. The number of hydrogen-bond donors (Lipinski definition) is 1. The first-order valence-electron chi connectivity index (χ1n) is 7.28. The standard InChI is InChI=1S/C17H14N4O2S/c1-2-23-16(22)13(9-18)10-19-14-5-3-12(4-6-14)15-11-21-7-8-24-17(21)20-15/h3-8,10-11,19H,2H2,1H3/b13-10+. The number of nitriles is 1. The molecular formula is C17H14N4O2S. The molecular weight excluding hydrogens is 324 g/mol. The fourth-order valence-corrected chi connectivity index (χ4v) is 2.80. The molecule has 0 fully saturated rings. The quantitative estimate of drug-likeness (QED) is 0.438. The summed E-state index contributed by atoms with van der Waals surface area (Å²) in [6.07, 6.45) is 5.29. The Kier molecular flexibility index (Phi) is 4.59. The number of thiazole rings is 1. The van der Waals surface area contributed by atoms with Gasteiger partial charge in [-0.2, -0.15) is 5.26 Å². The molecule has 7 heteroatoms. The lowest BCUT2D eigenvalue weighted by Crippen LogP contribution is -2.07. The highest BCUT2D eigenvalue weighted by molar-refractivity contribution is 7.15. The van der Waals surface area contributed by atoms with Gasteiger partial charge in [0, 0.05) is 35.2 Å². The van der Waals surface area contributed by atoms with E-state index >= 15 is 0 Å². The molecule has 0 radical (unpaired) electrons. The van der Waals surface area contributed by atoms with Gasteiger partial charge in [0.2, 0.25) is 0 Å². The normalized spacial score (nSPS) is 11.2. The number of nitrogens with one attached hydrogen (secondary N) is 1. The minimum atomic E-state index is -0.637. The Balaban J connectivity index is 1.73. The van der Waals surface area contributed by atoms with E-state index in [2.05, 4.69) is 10.3 Å². The molecule has 1 N–H and O–H groups in total. The van der Waals surface area contributed by atoms with Crippen molar-refractivity contribution in [2.24, 2.45) is 0 Å². The van der Waals surface area contributed by atoms with Crippen LogP contribution in [0.15, 0.2) is 53.8 Å². The molecule has 6 nitrogen and oxygen atoms in total. The van der Waals surface area contributed by atoms with E-state index in [1.54, 1.807) is 18.3 Å². The molecule has 1 aromatic carbocycles. The fourth-order valence-electron chi connectivity index (χ4n) is 2.10. The summed E-state index contributed by atoms with van der Waals surface area (Å²) in [7, 11) is 0. The lowest BCUT2D eigenvalue weighted by atomic mass is 10.1. The molecule has 0 saturated heterocycles. The first kappa shape index (κ1) is 15.8. The van der Waals surface area contributed by atoms with E-state index in [0.29, 0.717) is 0 Å². The zero-order valence-corrected chi connectivity index (χ0v) is 13.7. The van der Waals surface area contributed by atoms with Crippen LogP contribution in [0.1, 0.15) is 6.92 Å². The van der Waals surface area contributed by atoms with Crippen LogP contribution in [0.2, 0.25) is 0 Å². The lowest BCUT2D eigenvalue weighted by molar-refractivity contribution is -0.138. The Labute approximate surface area is 142 Å². The average Bonchev–Trinajstić information content (AvgIpc) is 3.18. The van der Waals surface area contributed by atoms with E-state index in [-0.39, 0.29) is 12.2 Å². The van der Waals surface area contributed by atoms with Crippen LogP contribution < -0.4 is 5.32 Å². The maximum Gasteiger partial charge on any atom is 0.350 e.